The Morgan fingerprint density at radius 2 is 2.00 bits per heavy atom. The van der Waals surface area contributed by atoms with Gasteiger partial charge in [0.1, 0.15) is 5.82 Å². The molecule has 17 heavy (non-hydrogen) atoms. The second-order valence-electron chi connectivity index (χ2n) is 5.63. The van der Waals surface area contributed by atoms with Gasteiger partial charge in [0.2, 0.25) is 0 Å². The first-order chi connectivity index (χ1) is 8.30. The fraction of sp³-hybridized carbons (Fsp3) is 0.600. The fourth-order valence-corrected chi connectivity index (χ4v) is 3.85. The molecule has 1 aliphatic carbocycles. The summed E-state index contributed by atoms with van der Waals surface area (Å²) in [6.07, 6.45) is 6.62. The molecule has 1 heterocycles. The Kier molecular flexibility index (Phi) is 2.91. The van der Waals surface area contributed by atoms with E-state index in [9.17, 15) is 4.39 Å². The van der Waals surface area contributed by atoms with Crippen molar-refractivity contribution < 1.29 is 4.39 Å². The van der Waals surface area contributed by atoms with Crippen molar-refractivity contribution in [1.82, 2.24) is 5.32 Å². The highest BCUT2D eigenvalue weighted by molar-refractivity contribution is 5.25. The molecule has 0 amide bonds. The lowest BCUT2D eigenvalue weighted by Gasteiger charge is -2.42. The molecule has 1 spiro atoms. The van der Waals surface area contributed by atoms with Gasteiger partial charge in [-0.05, 0) is 48.9 Å². The molecule has 1 unspecified atom stereocenters. The lowest BCUT2D eigenvalue weighted by Crippen LogP contribution is -2.42. The molecule has 1 atom stereocenters. The quantitative estimate of drug-likeness (QED) is 0.783. The van der Waals surface area contributed by atoms with E-state index in [0.717, 1.165) is 13.1 Å². The van der Waals surface area contributed by atoms with E-state index < -0.39 is 0 Å². The Bertz CT molecular complexity index is 396. The summed E-state index contributed by atoms with van der Waals surface area (Å²) in [6.45, 7) is 2.15. The highest BCUT2D eigenvalue weighted by Gasteiger charge is 2.43. The molecule has 92 valence electrons. The lowest BCUT2D eigenvalue weighted by molar-refractivity contribution is 0.170. The van der Waals surface area contributed by atoms with Crippen LogP contribution in [0.1, 0.15) is 43.6 Å². The highest BCUT2D eigenvalue weighted by Crippen LogP contribution is 2.52. The second kappa shape index (κ2) is 4.41. The Morgan fingerprint density at radius 3 is 2.76 bits per heavy atom. The largest absolute Gasteiger partial charge is 0.316 e. The molecule has 0 aromatic heterocycles. The predicted molar refractivity (Wildman–Crippen MR) is 67.5 cm³/mol. The summed E-state index contributed by atoms with van der Waals surface area (Å²) in [6, 6.07) is 7.22. The molecule has 2 aliphatic rings. The zero-order chi connectivity index (χ0) is 11.7. The third kappa shape index (κ3) is 1.99. The van der Waals surface area contributed by atoms with Crippen molar-refractivity contribution in [3.63, 3.8) is 0 Å². The number of halogens is 1. The summed E-state index contributed by atoms with van der Waals surface area (Å²) in [5, 5.41) is 3.48. The molecule has 2 heteroatoms. The van der Waals surface area contributed by atoms with Crippen LogP contribution in [0.2, 0.25) is 0 Å². The molecule has 1 saturated carbocycles. The number of nitrogens with one attached hydrogen (secondary N) is 1. The van der Waals surface area contributed by atoms with Gasteiger partial charge in [-0.1, -0.05) is 25.0 Å². The van der Waals surface area contributed by atoms with Gasteiger partial charge in [-0.2, -0.15) is 0 Å². The molecule has 3 rings (SSSR count). The number of benzene rings is 1. The van der Waals surface area contributed by atoms with E-state index in [0.29, 0.717) is 11.3 Å². The minimum absolute atomic E-state index is 0.0961. The lowest BCUT2D eigenvalue weighted by atomic mass is 9.67. The maximum absolute atomic E-state index is 13.4. The monoisotopic (exact) mass is 233 g/mol. The van der Waals surface area contributed by atoms with E-state index >= 15 is 0 Å². The van der Waals surface area contributed by atoms with Crippen LogP contribution in [-0.4, -0.2) is 13.1 Å². The summed E-state index contributed by atoms with van der Waals surface area (Å²) in [5.74, 6) is 0.413. The van der Waals surface area contributed by atoms with E-state index in [1.807, 2.05) is 6.07 Å². The highest BCUT2D eigenvalue weighted by atomic mass is 19.1. The van der Waals surface area contributed by atoms with Gasteiger partial charge >= 0.3 is 0 Å². The first-order valence-electron chi connectivity index (χ1n) is 6.76. The SMILES string of the molecule is Fc1cccc(C2CNCCC23CCCC3)c1. The molecule has 1 aromatic rings. The summed E-state index contributed by atoms with van der Waals surface area (Å²) < 4.78 is 13.4. The van der Waals surface area contributed by atoms with Crippen molar-refractivity contribution in [2.45, 2.75) is 38.0 Å². The second-order valence-corrected chi connectivity index (χ2v) is 5.63. The van der Waals surface area contributed by atoms with Crippen LogP contribution < -0.4 is 5.32 Å². The van der Waals surface area contributed by atoms with Gasteiger partial charge in [-0.3, -0.25) is 0 Å². The van der Waals surface area contributed by atoms with Crippen LogP contribution in [0.25, 0.3) is 0 Å². The summed E-state index contributed by atoms with van der Waals surface area (Å²) in [5.41, 5.74) is 1.65. The predicted octanol–water partition coefficient (Wildman–Crippen LogP) is 3.46. The molecule has 1 nitrogen and oxygen atoms in total. The van der Waals surface area contributed by atoms with E-state index in [-0.39, 0.29) is 5.82 Å². The van der Waals surface area contributed by atoms with E-state index in [1.54, 1.807) is 12.1 Å². The van der Waals surface area contributed by atoms with Crippen molar-refractivity contribution >= 4 is 0 Å². The van der Waals surface area contributed by atoms with Crippen LogP contribution in [0.5, 0.6) is 0 Å². The zero-order valence-electron chi connectivity index (χ0n) is 10.2. The van der Waals surface area contributed by atoms with Gasteiger partial charge in [-0.15, -0.1) is 0 Å². The van der Waals surface area contributed by atoms with E-state index in [4.69, 9.17) is 0 Å². The molecular weight excluding hydrogens is 213 g/mol. The third-order valence-electron chi connectivity index (χ3n) is 4.74. The first kappa shape index (κ1) is 11.2. The minimum Gasteiger partial charge on any atom is -0.316 e. The van der Waals surface area contributed by atoms with Crippen LogP contribution in [0.4, 0.5) is 4.39 Å². The number of hydrogen-bond acceptors (Lipinski definition) is 1. The molecule has 0 bridgehead atoms. The van der Waals surface area contributed by atoms with Crippen molar-refractivity contribution in [3.8, 4) is 0 Å². The van der Waals surface area contributed by atoms with Crippen molar-refractivity contribution in [2.24, 2.45) is 5.41 Å². The number of piperidine rings is 1. The van der Waals surface area contributed by atoms with Gasteiger partial charge in [0.25, 0.3) is 0 Å². The van der Waals surface area contributed by atoms with E-state index in [2.05, 4.69) is 11.4 Å². The molecular formula is C15H20FN. The fourth-order valence-electron chi connectivity index (χ4n) is 3.85. The summed E-state index contributed by atoms with van der Waals surface area (Å²) in [7, 11) is 0. The van der Waals surface area contributed by atoms with Gasteiger partial charge in [-0.25, -0.2) is 4.39 Å². The average molecular weight is 233 g/mol. The summed E-state index contributed by atoms with van der Waals surface area (Å²) in [4.78, 5) is 0. The summed E-state index contributed by atoms with van der Waals surface area (Å²) >= 11 is 0. The van der Waals surface area contributed by atoms with Gasteiger partial charge in [0, 0.05) is 12.5 Å². The van der Waals surface area contributed by atoms with Crippen LogP contribution in [-0.2, 0) is 0 Å². The van der Waals surface area contributed by atoms with Gasteiger partial charge in [0.15, 0.2) is 0 Å². The molecule has 1 aromatic carbocycles. The van der Waals surface area contributed by atoms with E-state index in [1.165, 1.54) is 37.7 Å². The molecule has 1 aliphatic heterocycles. The van der Waals surface area contributed by atoms with Crippen molar-refractivity contribution in [1.29, 1.82) is 0 Å². The minimum atomic E-state index is -0.0961. The maximum atomic E-state index is 13.4. The Balaban J connectivity index is 1.93. The Hall–Kier alpha value is -0.890. The molecule has 0 radical (unpaired) electrons. The number of hydrogen-bond donors (Lipinski definition) is 1. The van der Waals surface area contributed by atoms with Crippen molar-refractivity contribution in [3.05, 3.63) is 35.6 Å². The zero-order valence-corrected chi connectivity index (χ0v) is 10.2. The van der Waals surface area contributed by atoms with Crippen LogP contribution in [0.15, 0.2) is 24.3 Å². The third-order valence-corrected chi connectivity index (χ3v) is 4.74. The first-order valence-corrected chi connectivity index (χ1v) is 6.76. The van der Waals surface area contributed by atoms with Gasteiger partial charge < -0.3 is 5.32 Å². The average Bonchev–Trinajstić information content (AvgIpc) is 2.79. The standard InChI is InChI=1S/C15H20FN/c16-13-5-3-4-12(10-13)14-11-17-9-8-15(14)6-1-2-7-15/h3-5,10,14,17H,1-2,6-9,11H2. The maximum Gasteiger partial charge on any atom is 0.123 e. The Labute approximate surface area is 102 Å². The van der Waals surface area contributed by atoms with Crippen LogP contribution in [0, 0.1) is 11.2 Å². The smallest absolute Gasteiger partial charge is 0.123 e. The van der Waals surface area contributed by atoms with Gasteiger partial charge in [0.05, 0.1) is 0 Å². The molecule has 1 N–H and O–H groups in total. The van der Waals surface area contributed by atoms with Crippen LogP contribution in [0.3, 0.4) is 0 Å². The Morgan fingerprint density at radius 1 is 1.18 bits per heavy atom. The number of rotatable bonds is 1. The normalized spacial score (nSPS) is 27.5. The molecule has 2 fully saturated rings. The topological polar surface area (TPSA) is 12.0 Å². The van der Waals surface area contributed by atoms with Crippen LogP contribution >= 0.6 is 0 Å². The van der Waals surface area contributed by atoms with Crippen molar-refractivity contribution in [2.75, 3.05) is 13.1 Å². The molecule has 1 saturated heterocycles.